The van der Waals surface area contributed by atoms with Crippen molar-refractivity contribution in [1.29, 1.82) is 0 Å². The number of carbonyl (C=O) groups excluding carboxylic acids is 1. The molecular weight excluding hydrogens is 422 g/mol. The minimum absolute atomic E-state index is 0.0193. The van der Waals surface area contributed by atoms with E-state index in [0.717, 1.165) is 30.0 Å². The Morgan fingerprint density at radius 3 is 2.67 bits per heavy atom. The lowest BCUT2D eigenvalue weighted by Crippen LogP contribution is -2.49. The number of carbonyl (C=O) groups is 1. The van der Waals surface area contributed by atoms with Crippen molar-refractivity contribution in [2.24, 2.45) is 0 Å². The molecule has 0 radical (unpaired) electrons. The quantitative estimate of drug-likeness (QED) is 0.479. The number of aromatic nitrogens is 4. The second-order valence-electron chi connectivity index (χ2n) is 7.60. The molecule has 0 saturated carbocycles. The van der Waals surface area contributed by atoms with Gasteiger partial charge in [0.15, 0.2) is 0 Å². The van der Waals surface area contributed by atoms with Gasteiger partial charge in [-0.05, 0) is 30.3 Å². The fourth-order valence-corrected chi connectivity index (χ4v) is 3.78. The van der Waals surface area contributed by atoms with E-state index in [2.05, 4.69) is 30.2 Å². The van der Waals surface area contributed by atoms with E-state index in [1.54, 1.807) is 18.6 Å². The van der Waals surface area contributed by atoms with Crippen LogP contribution < -0.4 is 10.2 Å². The van der Waals surface area contributed by atoms with Gasteiger partial charge >= 0.3 is 6.01 Å². The number of oxazole rings is 1. The summed E-state index contributed by atoms with van der Waals surface area (Å²) < 4.78 is 10.8. The van der Waals surface area contributed by atoms with Gasteiger partial charge in [-0.1, -0.05) is 0 Å². The number of nitrogens with zero attached hydrogens (tertiary/aromatic N) is 6. The molecule has 1 aliphatic heterocycles. The van der Waals surface area contributed by atoms with Gasteiger partial charge in [-0.2, -0.15) is 4.98 Å². The van der Waals surface area contributed by atoms with Crippen molar-refractivity contribution in [2.45, 2.75) is 0 Å². The van der Waals surface area contributed by atoms with Crippen molar-refractivity contribution in [2.75, 3.05) is 50.1 Å². The van der Waals surface area contributed by atoms with E-state index in [0.29, 0.717) is 36.2 Å². The lowest BCUT2D eigenvalue weighted by atomic mass is 10.2. The first-order valence-electron chi connectivity index (χ1n) is 10.6. The molecule has 4 aromatic heterocycles. The standard InChI is InChI=1S/C23H23N7O3/c1-32-15-21(31)30-12-10-29(11-13-30)17-6-9-25-20(14-17)28-23-27-19-3-2-18(26-22(19)33-23)16-4-7-24-8-5-16/h2-9,14H,10-13,15H2,1H3,(H,25,27,28). The van der Waals surface area contributed by atoms with Crippen LogP contribution in [-0.4, -0.2) is 70.6 Å². The normalized spacial score (nSPS) is 14.0. The molecule has 0 aliphatic carbocycles. The SMILES string of the molecule is COCC(=O)N1CCN(c2ccnc(Nc3nc4ccc(-c5ccncc5)nc4o3)c2)CC1. The summed E-state index contributed by atoms with van der Waals surface area (Å²) in [4.78, 5) is 33.5. The largest absolute Gasteiger partial charge is 0.404 e. The highest BCUT2D eigenvalue weighted by Crippen LogP contribution is 2.25. The molecule has 1 fully saturated rings. The number of hydrogen-bond acceptors (Lipinski definition) is 9. The Labute approximate surface area is 190 Å². The lowest BCUT2D eigenvalue weighted by Gasteiger charge is -2.36. The molecule has 10 nitrogen and oxygen atoms in total. The molecule has 10 heteroatoms. The van der Waals surface area contributed by atoms with Crippen molar-refractivity contribution < 1.29 is 13.9 Å². The van der Waals surface area contributed by atoms with Crippen LogP contribution in [0.1, 0.15) is 0 Å². The first-order valence-corrected chi connectivity index (χ1v) is 10.6. The van der Waals surface area contributed by atoms with Gasteiger partial charge in [0.25, 0.3) is 0 Å². The molecule has 0 atom stereocenters. The van der Waals surface area contributed by atoms with Crippen molar-refractivity contribution in [3.8, 4) is 11.3 Å². The van der Waals surface area contributed by atoms with Crippen LogP contribution in [0, 0.1) is 0 Å². The third-order valence-electron chi connectivity index (χ3n) is 5.48. The number of amides is 1. The summed E-state index contributed by atoms with van der Waals surface area (Å²) in [7, 11) is 1.53. The van der Waals surface area contributed by atoms with Crippen LogP contribution in [0.25, 0.3) is 22.5 Å². The summed E-state index contributed by atoms with van der Waals surface area (Å²) in [6.45, 7) is 2.91. The predicted molar refractivity (Wildman–Crippen MR) is 123 cm³/mol. The molecular formula is C23H23N7O3. The van der Waals surface area contributed by atoms with Crippen molar-refractivity contribution >= 4 is 34.7 Å². The van der Waals surface area contributed by atoms with E-state index in [-0.39, 0.29) is 12.5 Å². The maximum Gasteiger partial charge on any atom is 0.302 e. The number of hydrogen-bond donors (Lipinski definition) is 1. The molecule has 0 unspecified atom stereocenters. The lowest BCUT2D eigenvalue weighted by molar-refractivity contribution is -0.135. The van der Waals surface area contributed by atoms with Crippen LogP contribution in [0.15, 0.2) is 59.4 Å². The number of ether oxygens (including phenoxy) is 1. The first kappa shape index (κ1) is 20.8. The highest BCUT2D eigenvalue weighted by Gasteiger charge is 2.21. The number of methoxy groups -OCH3 is 1. The van der Waals surface area contributed by atoms with E-state index in [9.17, 15) is 4.79 Å². The highest BCUT2D eigenvalue weighted by atomic mass is 16.5. The number of fused-ring (bicyclic) bond motifs is 1. The summed E-state index contributed by atoms with van der Waals surface area (Å²) in [6.07, 6.45) is 5.19. The second-order valence-corrected chi connectivity index (χ2v) is 7.60. The maximum atomic E-state index is 12.0. The number of nitrogens with one attached hydrogen (secondary N) is 1. The third-order valence-corrected chi connectivity index (χ3v) is 5.48. The number of rotatable bonds is 6. The number of pyridine rings is 3. The summed E-state index contributed by atoms with van der Waals surface area (Å²) in [6, 6.07) is 11.8. The smallest absolute Gasteiger partial charge is 0.302 e. The summed E-state index contributed by atoms with van der Waals surface area (Å²) in [5.74, 6) is 0.636. The minimum Gasteiger partial charge on any atom is -0.404 e. The zero-order chi connectivity index (χ0) is 22.6. The Bertz CT molecular complexity index is 1250. The zero-order valence-corrected chi connectivity index (χ0v) is 18.1. The fourth-order valence-electron chi connectivity index (χ4n) is 3.78. The molecule has 1 amide bonds. The Hall–Kier alpha value is -4.05. The van der Waals surface area contributed by atoms with Gasteiger partial charge in [0, 0.05) is 69.2 Å². The molecule has 168 valence electrons. The predicted octanol–water partition coefficient (Wildman–Crippen LogP) is 2.72. The summed E-state index contributed by atoms with van der Waals surface area (Å²) >= 11 is 0. The van der Waals surface area contributed by atoms with Crippen LogP contribution in [0.5, 0.6) is 0 Å². The van der Waals surface area contributed by atoms with Gasteiger partial charge < -0.3 is 19.0 Å². The van der Waals surface area contributed by atoms with Gasteiger partial charge in [-0.15, -0.1) is 0 Å². The van der Waals surface area contributed by atoms with Crippen LogP contribution in [0.4, 0.5) is 17.5 Å². The van der Waals surface area contributed by atoms with Gasteiger partial charge in [-0.3, -0.25) is 15.1 Å². The molecule has 5 rings (SSSR count). The van der Waals surface area contributed by atoms with E-state index in [1.807, 2.05) is 41.3 Å². The van der Waals surface area contributed by atoms with Gasteiger partial charge in [0.2, 0.25) is 11.6 Å². The molecule has 5 heterocycles. The molecule has 1 saturated heterocycles. The van der Waals surface area contributed by atoms with Crippen LogP contribution >= 0.6 is 0 Å². The molecule has 0 aromatic carbocycles. The van der Waals surface area contributed by atoms with Gasteiger partial charge in [0.1, 0.15) is 17.9 Å². The fraction of sp³-hybridized carbons (Fsp3) is 0.261. The molecule has 4 aromatic rings. The maximum absolute atomic E-state index is 12.0. The molecule has 0 bridgehead atoms. The van der Waals surface area contributed by atoms with E-state index in [1.165, 1.54) is 7.11 Å². The highest BCUT2D eigenvalue weighted by molar-refractivity contribution is 5.78. The van der Waals surface area contributed by atoms with E-state index >= 15 is 0 Å². The number of anilines is 3. The molecule has 1 aliphatic rings. The van der Waals surface area contributed by atoms with Crippen molar-refractivity contribution in [1.82, 2.24) is 24.8 Å². The topological polar surface area (TPSA) is 110 Å². The average molecular weight is 445 g/mol. The van der Waals surface area contributed by atoms with Crippen LogP contribution in [0.2, 0.25) is 0 Å². The van der Waals surface area contributed by atoms with Gasteiger partial charge in [0.05, 0.1) is 5.69 Å². The monoisotopic (exact) mass is 445 g/mol. The first-order chi connectivity index (χ1) is 16.2. The Kier molecular flexibility index (Phi) is 5.81. The second kappa shape index (κ2) is 9.21. The van der Waals surface area contributed by atoms with Crippen molar-refractivity contribution in [3.63, 3.8) is 0 Å². The Morgan fingerprint density at radius 1 is 1.06 bits per heavy atom. The number of piperazine rings is 1. The van der Waals surface area contributed by atoms with Gasteiger partial charge in [-0.25, -0.2) is 9.97 Å². The molecule has 0 spiro atoms. The third kappa shape index (κ3) is 4.60. The summed E-state index contributed by atoms with van der Waals surface area (Å²) in [5, 5.41) is 3.13. The Morgan fingerprint density at radius 2 is 1.88 bits per heavy atom. The minimum atomic E-state index is 0.0193. The van der Waals surface area contributed by atoms with E-state index < -0.39 is 0 Å². The Balaban J connectivity index is 1.28. The van der Waals surface area contributed by atoms with Crippen LogP contribution in [0.3, 0.4) is 0 Å². The van der Waals surface area contributed by atoms with E-state index in [4.69, 9.17) is 9.15 Å². The van der Waals surface area contributed by atoms with Crippen molar-refractivity contribution in [3.05, 3.63) is 55.0 Å². The van der Waals surface area contributed by atoms with Crippen LogP contribution in [-0.2, 0) is 9.53 Å². The average Bonchev–Trinajstić information content (AvgIpc) is 3.26. The summed E-state index contributed by atoms with van der Waals surface area (Å²) in [5.41, 5.74) is 3.86. The molecule has 1 N–H and O–H groups in total. The molecule has 33 heavy (non-hydrogen) atoms. The zero-order valence-electron chi connectivity index (χ0n) is 18.1.